The van der Waals surface area contributed by atoms with Gasteiger partial charge in [-0.3, -0.25) is 0 Å². The van der Waals surface area contributed by atoms with Crippen molar-refractivity contribution >= 4 is 24.1 Å². The van der Waals surface area contributed by atoms with Crippen molar-refractivity contribution < 1.29 is 53.1 Å². The average molecular weight is 761 g/mol. The fraction of sp³-hybridized carbons (Fsp3) is 0.429. The number of hydrogen-bond acceptors (Lipinski definition) is 13. The van der Waals surface area contributed by atoms with Gasteiger partial charge in [-0.25, -0.2) is 19.6 Å². The third kappa shape index (κ3) is 12.0. The highest BCUT2D eigenvalue weighted by Gasteiger charge is 2.40. The number of aliphatic hydroxyl groups is 4. The third-order valence-electron chi connectivity index (χ3n) is 9.47. The van der Waals surface area contributed by atoms with E-state index in [1.807, 2.05) is 18.2 Å². The number of esters is 2. The van der Waals surface area contributed by atoms with Gasteiger partial charge < -0.3 is 43.5 Å². The van der Waals surface area contributed by atoms with E-state index in [2.05, 4.69) is 9.97 Å². The van der Waals surface area contributed by atoms with E-state index in [0.717, 1.165) is 0 Å². The highest BCUT2D eigenvalue weighted by molar-refractivity contribution is 5.87. The van der Waals surface area contributed by atoms with Crippen molar-refractivity contribution in [3.05, 3.63) is 121 Å². The minimum atomic E-state index is -1.32. The Bertz CT molecular complexity index is 1820. The van der Waals surface area contributed by atoms with Crippen molar-refractivity contribution in [2.75, 3.05) is 0 Å². The number of aliphatic hydroxyl groups excluding tert-OH is 4. The predicted molar refractivity (Wildman–Crippen MR) is 205 cm³/mol. The standard InChI is InChI=1S/C42H52N2O11/c1-7-15-33(47)41(3,4)35-21-13-18-30(46)29(45)17-9-11-23-37-43-28(25-51-37)40(50)55-36(42(5,6)34(48)16-8-2)22-14-20-32-31(53-32)19-10-12-24-38-44-27(26-52-38)39(49)54-35/h7-20,23-26,29-36,45-48H,21-22H2,1-6H3/t29-,30+,31-,32+,33-,34-,35-,36+/m0/s1. The van der Waals surface area contributed by atoms with Gasteiger partial charge in [0.05, 0.1) is 12.2 Å². The molecule has 4 bridgehead atoms. The SMILES string of the molecule is CC=C[C@H](O)C(C)(C)[C@@H]1CC=C[C@@H](O)[C@@H](O)C=CC=Cc2nc(co2)C(=O)O[C@@H](C(C)(C)[C@@H](O)C=CC)CC=C[C@H]2O[C@H]2C=CC=Cc2nc(co2)C(=O)O1. The smallest absolute Gasteiger partial charge is 0.360 e. The lowest BCUT2D eigenvalue weighted by Crippen LogP contribution is -2.42. The molecule has 0 aromatic carbocycles. The number of hydrogen-bond donors (Lipinski definition) is 4. The second kappa shape index (κ2) is 19.6. The van der Waals surface area contributed by atoms with Crippen LogP contribution in [0.25, 0.3) is 12.2 Å². The van der Waals surface area contributed by atoms with Gasteiger partial charge in [0.25, 0.3) is 0 Å². The number of epoxide rings is 1. The molecule has 1 saturated heterocycles. The third-order valence-corrected chi connectivity index (χ3v) is 9.47. The van der Waals surface area contributed by atoms with E-state index in [-0.39, 0.29) is 48.2 Å². The van der Waals surface area contributed by atoms with Crippen molar-refractivity contribution in [1.29, 1.82) is 0 Å². The Hall–Kier alpha value is -4.92. The normalized spacial score (nSPS) is 26.1. The number of carbonyl (C=O) groups excluding carboxylic acids is 2. The lowest BCUT2D eigenvalue weighted by Gasteiger charge is -2.36. The number of cyclic esters (lactones) is 2. The molecule has 2 aliphatic rings. The zero-order chi connectivity index (χ0) is 40.2. The van der Waals surface area contributed by atoms with Crippen LogP contribution in [0.2, 0.25) is 0 Å². The van der Waals surface area contributed by atoms with Gasteiger partial charge in [-0.05, 0) is 13.8 Å². The zero-order valence-corrected chi connectivity index (χ0v) is 32.0. The van der Waals surface area contributed by atoms with E-state index in [1.54, 1.807) is 90.2 Å². The minimum Gasteiger partial charge on any atom is -0.457 e. The van der Waals surface area contributed by atoms with Crippen LogP contribution in [0.15, 0.2) is 106 Å². The Balaban J connectivity index is 1.59. The fourth-order valence-electron chi connectivity index (χ4n) is 5.52. The molecule has 55 heavy (non-hydrogen) atoms. The number of rotatable bonds is 6. The minimum absolute atomic E-state index is 0.0654. The first-order chi connectivity index (χ1) is 26.2. The number of carbonyl (C=O) groups is 2. The summed E-state index contributed by atoms with van der Waals surface area (Å²) in [5, 5.41) is 42.9. The molecule has 0 amide bonds. The van der Waals surface area contributed by atoms with Gasteiger partial charge in [-0.2, -0.15) is 0 Å². The van der Waals surface area contributed by atoms with Crippen LogP contribution in [0.4, 0.5) is 0 Å². The number of allylic oxidation sites excluding steroid dienone is 6. The van der Waals surface area contributed by atoms with Crippen LogP contribution in [0.3, 0.4) is 0 Å². The molecule has 1 fully saturated rings. The van der Waals surface area contributed by atoms with E-state index < -0.39 is 59.4 Å². The summed E-state index contributed by atoms with van der Waals surface area (Å²) in [6.45, 7) is 10.7. The first-order valence-electron chi connectivity index (χ1n) is 18.2. The monoisotopic (exact) mass is 760 g/mol. The molecule has 0 unspecified atom stereocenters. The predicted octanol–water partition coefficient (Wildman–Crippen LogP) is 5.87. The maximum atomic E-state index is 13.2. The van der Waals surface area contributed by atoms with E-state index in [1.165, 1.54) is 42.9 Å². The van der Waals surface area contributed by atoms with E-state index >= 15 is 0 Å². The number of fused-ring (bicyclic) bond motifs is 5. The van der Waals surface area contributed by atoms with Gasteiger partial charge in [-0.1, -0.05) is 113 Å². The molecule has 0 aliphatic carbocycles. The average Bonchev–Trinajstić information content (AvgIpc) is 3.46. The van der Waals surface area contributed by atoms with Crippen LogP contribution in [0.1, 0.15) is 87.1 Å². The molecule has 0 spiro atoms. The van der Waals surface area contributed by atoms with Crippen LogP contribution in [-0.4, -0.2) is 91.2 Å². The summed E-state index contributed by atoms with van der Waals surface area (Å²) in [6.07, 6.45) is 22.2. The fourth-order valence-corrected chi connectivity index (χ4v) is 5.52. The van der Waals surface area contributed by atoms with Gasteiger partial charge in [0.15, 0.2) is 11.4 Å². The largest absolute Gasteiger partial charge is 0.457 e. The maximum Gasteiger partial charge on any atom is 0.360 e. The molecule has 13 heteroatoms. The van der Waals surface area contributed by atoms with Crippen molar-refractivity contribution in [2.24, 2.45) is 10.8 Å². The molecule has 4 N–H and O–H groups in total. The summed E-state index contributed by atoms with van der Waals surface area (Å²) in [5.74, 6) is -1.22. The molecule has 4 heterocycles. The molecule has 2 aromatic heterocycles. The number of nitrogens with zero attached hydrogens (tertiary/aromatic N) is 2. The summed E-state index contributed by atoms with van der Waals surface area (Å²) in [4.78, 5) is 34.8. The van der Waals surface area contributed by atoms with Crippen LogP contribution in [0.5, 0.6) is 0 Å². The molecule has 0 radical (unpaired) electrons. The summed E-state index contributed by atoms with van der Waals surface area (Å²) >= 11 is 0. The molecule has 2 aromatic rings. The lowest BCUT2D eigenvalue weighted by atomic mass is 9.79. The van der Waals surface area contributed by atoms with Crippen molar-refractivity contribution in [2.45, 2.75) is 103 Å². The molecule has 4 rings (SSSR count). The van der Waals surface area contributed by atoms with Crippen LogP contribution >= 0.6 is 0 Å². The highest BCUT2D eigenvalue weighted by Crippen LogP contribution is 2.34. The first kappa shape index (κ1) is 42.8. The van der Waals surface area contributed by atoms with Crippen LogP contribution in [-0.2, 0) is 14.2 Å². The van der Waals surface area contributed by atoms with Gasteiger partial charge in [0.2, 0.25) is 11.8 Å². The zero-order valence-electron chi connectivity index (χ0n) is 32.0. The van der Waals surface area contributed by atoms with Gasteiger partial charge in [0, 0.05) is 35.8 Å². The Labute approximate surface area is 321 Å². The molecule has 296 valence electrons. The molecule has 0 saturated carbocycles. The van der Waals surface area contributed by atoms with Gasteiger partial charge in [-0.15, -0.1) is 0 Å². The van der Waals surface area contributed by atoms with Crippen molar-refractivity contribution in [1.82, 2.24) is 9.97 Å². The highest BCUT2D eigenvalue weighted by atomic mass is 16.6. The second-order valence-corrected chi connectivity index (χ2v) is 14.4. The van der Waals surface area contributed by atoms with E-state index in [4.69, 9.17) is 23.0 Å². The van der Waals surface area contributed by atoms with E-state index in [9.17, 15) is 30.0 Å². The summed E-state index contributed by atoms with van der Waals surface area (Å²) < 4.78 is 28.3. The van der Waals surface area contributed by atoms with Gasteiger partial charge in [0.1, 0.15) is 49.2 Å². The molecule has 8 atom stereocenters. The van der Waals surface area contributed by atoms with Crippen LogP contribution in [0, 0.1) is 10.8 Å². The van der Waals surface area contributed by atoms with Crippen LogP contribution < -0.4 is 0 Å². The number of aromatic nitrogens is 2. The van der Waals surface area contributed by atoms with Gasteiger partial charge >= 0.3 is 11.9 Å². The summed E-state index contributed by atoms with van der Waals surface area (Å²) in [5.41, 5.74) is -1.97. The lowest BCUT2D eigenvalue weighted by molar-refractivity contribution is -0.0462. The first-order valence-corrected chi connectivity index (χ1v) is 18.2. The maximum absolute atomic E-state index is 13.2. The molecule has 2 aliphatic heterocycles. The van der Waals surface area contributed by atoms with E-state index in [0.29, 0.717) is 0 Å². The Morgan fingerprint density at radius 3 is 1.60 bits per heavy atom. The Morgan fingerprint density at radius 2 is 1.11 bits per heavy atom. The number of oxazole rings is 2. The second-order valence-electron chi connectivity index (χ2n) is 14.4. The molecular weight excluding hydrogens is 708 g/mol. The summed E-state index contributed by atoms with van der Waals surface area (Å²) in [6, 6.07) is 0. The summed E-state index contributed by atoms with van der Waals surface area (Å²) in [7, 11) is 0. The van der Waals surface area contributed by atoms with Crippen molar-refractivity contribution in [3.8, 4) is 0 Å². The number of ether oxygens (including phenoxy) is 3. The Morgan fingerprint density at radius 1 is 0.673 bits per heavy atom. The quantitative estimate of drug-likeness (QED) is 0.155. The molecule has 13 nitrogen and oxygen atoms in total. The molecular formula is C42H52N2O11. The topological polar surface area (TPSA) is 198 Å². The van der Waals surface area contributed by atoms with Crippen molar-refractivity contribution in [3.63, 3.8) is 0 Å². The Kier molecular flexibility index (Phi) is 15.3.